The number of anilines is 3. The van der Waals surface area contributed by atoms with Crippen LogP contribution in [0.1, 0.15) is 17.3 Å². The molecule has 0 radical (unpaired) electrons. The van der Waals surface area contributed by atoms with Gasteiger partial charge in [0, 0.05) is 0 Å². The minimum Gasteiger partial charge on any atom is -0.462 e. The number of para-hydroxylation sites is 1. The van der Waals surface area contributed by atoms with Crippen molar-refractivity contribution in [3.63, 3.8) is 0 Å². The molecular weight excluding hydrogens is 380 g/mol. The van der Waals surface area contributed by atoms with Crippen molar-refractivity contribution >= 4 is 33.3 Å². The Kier molecular flexibility index (Phi) is 5.85. The highest BCUT2D eigenvalue weighted by atomic mass is 32.2. The summed E-state index contributed by atoms with van der Waals surface area (Å²) in [7, 11) is -3.74. The second kappa shape index (κ2) is 8.49. The lowest BCUT2D eigenvalue weighted by Gasteiger charge is -2.11. The Morgan fingerprint density at radius 2 is 1.57 bits per heavy atom. The molecule has 0 unspecified atom stereocenters. The summed E-state index contributed by atoms with van der Waals surface area (Å²) in [6.07, 6.45) is 0. The molecule has 0 saturated carbocycles. The number of esters is 1. The van der Waals surface area contributed by atoms with Crippen LogP contribution in [-0.4, -0.2) is 31.2 Å². The first-order chi connectivity index (χ1) is 13.5. The number of ether oxygens (including phenoxy) is 1. The molecule has 0 amide bonds. The van der Waals surface area contributed by atoms with E-state index in [2.05, 4.69) is 20.2 Å². The zero-order chi connectivity index (χ0) is 20.0. The summed E-state index contributed by atoms with van der Waals surface area (Å²) in [6, 6.07) is 17.8. The number of nitrogens with one attached hydrogen (secondary N) is 2. The molecule has 3 rings (SSSR count). The van der Waals surface area contributed by atoms with Gasteiger partial charge in [-0.1, -0.05) is 30.3 Å². The fourth-order valence-corrected chi connectivity index (χ4v) is 3.38. The van der Waals surface area contributed by atoms with E-state index in [4.69, 9.17) is 4.74 Å². The summed E-state index contributed by atoms with van der Waals surface area (Å²) in [6.45, 7) is 2.00. The molecule has 1 aromatic heterocycles. The van der Waals surface area contributed by atoms with Crippen LogP contribution < -0.4 is 10.0 Å². The summed E-state index contributed by atoms with van der Waals surface area (Å²) in [5.41, 5.74) is 0.868. The van der Waals surface area contributed by atoms with Gasteiger partial charge in [0.05, 0.1) is 22.8 Å². The Bertz CT molecular complexity index is 1050. The molecule has 28 heavy (non-hydrogen) atoms. The molecule has 0 aliphatic carbocycles. The van der Waals surface area contributed by atoms with Crippen molar-refractivity contribution in [3.8, 4) is 0 Å². The van der Waals surface area contributed by atoms with Gasteiger partial charge < -0.3 is 10.1 Å². The Labute approximate surface area is 162 Å². The van der Waals surface area contributed by atoms with Gasteiger partial charge in [0.2, 0.25) is 0 Å². The van der Waals surface area contributed by atoms with Gasteiger partial charge in [-0.3, -0.25) is 4.72 Å². The van der Waals surface area contributed by atoms with E-state index in [-0.39, 0.29) is 17.3 Å². The molecule has 0 spiro atoms. The third kappa shape index (κ3) is 4.63. The Balaban J connectivity index is 1.75. The number of carbonyl (C=O) groups excluding carboxylic acids is 1. The summed E-state index contributed by atoms with van der Waals surface area (Å²) < 4.78 is 32.0. The normalized spacial score (nSPS) is 10.9. The molecule has 0 aliphatic rings. The van der Waals surface area contributed by atoms with Crippen LogP contribution in [0.5, 0.6) is 0 Å². The number of nitrogens with zero attached hydrogens (tertiary/aromatic N) is 2. The first-order valence-corrected chi connectivity index (χ1v) is 9.92. The van der Waals surface area contributed by atoms with Gasteiger partial charge in [0.15, 0.2) is 11.6 Å². The van der Waals surface area contributed by atoms with Crippen LogP contribution in [-0.2, 0) is 14.8 Å². The molecule has 2 N–H and O–H groups in total. The largest absolute Gasteiger partial charge is 0.462 e. The monoisotopic (exact) mass is 398 g/mol. The molecule has 0 aliphatic heterocycles. The number of carbonyl (C=O) groups is 1. The van der Waals surface area contributed by atoms with Crippen molar-refractivity contribution in [2.45, 2.75) is 11.8 Å². The van der Waals surface area contributed by atoms with Crippen molar-refractivity contribution in [1.82, 2.24) is 10.2 Å². The van der Waals surface area contributed by atoms with E-state index < -0.39 is 16.0 Å². The van der Waals surface area contributed by atoms with Crippen LogP contribution in [0.25, 0.3) is 0 Å². The zero-order valence-corrected chi connectivity index (χ0v) is 15.8. The lowest BCUT2D eigenvalue weighted by atomic mass is 10.2. The highest BCUT2D eigenvalue weighted by Crippen LogP contribution is 2.21. The third-order valence-electron chi connectivity index (χ3n) is 3.64. The predicted molar refractivity (Wildman–Crippen MR) is 105 cm³/mol. The standard InChI is InChI=1S/C19H18N4O4S/c1-2-27-19(24)15-10-6-7-11-16(15)20-17-12-13-18(22-21-17)23-28(25,26)14-8-4-3-5-9-14/h3-13H,2H2,1H3,(H,20,21)(H,22,23). The van der Waals surface area contributed by atoms with Gasteiger partial charge in [-0.2, -0.15) is 0 Å². The summed E-state index contributed by atoms with van der Waals surface area (Å²) in [5.74, 6) is -0.0294. The number of sulfonamides is 1. The number of hydrogen-bond donors (Lipinski definition) is 2. The minimum atomic E-state index is -3.74. The van der Waals surface area contributed by atoms with Gasteiger partial charge in [-0.25, -0.2) is 13.2 Å². The maximum absolute atomic E-state index is 12.3. The van der Waals surface area contributed by atoms with Crippen molar-refractivity contribution in [2.75, 3.05) is 16.6 Å². The van der Waals surface area contributed by atoms with Gasteiger partial charge >= 0.3 is 5.97 Å². The summed E-state index contributed by atoms with van der Waals surface area (Å²) >= 11 is 0. The topological polar surface area (TPSA) is 110 Å². The molecular formula is C19H18N4O4S. The van der Waals surface area contributed by atoms with Crippen LogP contribution >= 0.6 is 0 Å². The lowest BCUT2D eigenvalue weighted by Crippen LogP contribution is -2.14. The van der Waals surface area contributed by atoms with E-state index in [0.29, 0.717) is 17.1 Å². The van der Waals surface area contributed by atoms with Gasteiger partial charge in [-0.05, 0) is 43.3 Å². The van der Waals surface area contributed by atoms with E-state index >= 15 is 0 Å². The van der Waals surface area contributed by atoms with E-state index in [1.807, 2.05) is 0 Å². The Morgan fingerprint density at radius 1 is 0.929 bits per heavy atom. The molecule has 8 nitrogen and oxygen atoms in total. The van der Waals surface area contributed by atoms with Crippen LogP contribution in [0.2, 0.25) is 0 Å². The van der Waals surface area contributed by atoms with E-state index in [1.165, 1.54) is 18.2 Å². The number of hydrogen-bond acceptors (Lipinski definition) is 7. The quantitative estimate of drug-likeness (QED) is 0.588. The van der Waals surface area contributed by atoms with E-state index in [1.54, 1.807) is 55.5 Å². The van der Waals surface area contributed by atoms with Crippen molar-refractivity contribution in [3.05, 3.63) is 72.3 Å². The molecule has 0 saturated heterocycles. The Hall–Kier alpha value is -3.46. The molecule has 0 fully saturated rings. The maximum atomic E-state index is 12.3. The third-order valence-corrected chi connectivity index (χ3v) is 5.01. The Morgan fingerprint density at radius 3 is 2.25 bits per heavy atom. The minimum absolute atomic E-state index is 0.0769. The van der Waals surface area contributed by atoms with E-state index in [9.17, 15) is 13.2 Å². The SMILES string of the molecule is CCOC(=O)c1ccccc1Nc1ccc(NS(=O)(=O)c2ccccc2)nn1. The average Bonchev–Trinajstić information content (AvgIpc) is 2.70. The summed E-state index contributed by atoms with van der Waals surface area (Å²) in [5, 5.41) is 10.8. The molecule has 3 aromatic rings. The van der Waals surface area contributed by atoms with Crippen molar-refractivity contribution < 1.29 is 17.9 Å². The summed E-state index contributed by atoms with van der Waals surface area (Å²) in [4.78, 5) is 12.2. The molecule has 144 valence electrons. The first-order valence-electron chi connectivity index (χ1n) is 8.44. The highest BCUT2D eigenvalue weighted by molar-refractivity contribution is 7.92. The smallest absolute Gasteiger partial charge is 0.340 e. The van der Waals surface area contributed by atoms with Crippen LogP contribution in [0, 0.1) is 0 Å². The van der Waals surface area contributed by atoms with Crippen LogP contribution in [0.3, 0.4) is 0 Å². The fourth-order valence-electron chi connectivity index (χ4n) is 2.37. The maximum Gasteiger partial charge on any atom is 0.340 e. The van der Waals surface area contributed by atoms with Crippen molar-refractivity contribution in [1.29, 1.82) is 0 Å². The zero-order valence-electron chi connectivity index (χ0n) is 15.0. The number of aromatic nitrogens is 2. The lowest BCUT2D eigenvalue weighted by molar-refractivity contribution is 0.0527. The average molecular weight is 398 g/mol. The van der Waals surface area contributed by atoms with Crippen molar-refractivity contribution in [2.24, 2.45) is 0 Å². The van der Waals surface area contributed by atoms with Gasteiger partial charge in [0.1, 0.15) is 0 Å². The molecule has 9 heteroatoms. The second-order valence-electron chi connectivity index (χ2n) is 5.61. The van der Waals surface area contributed by atoms with Gasteiger partial charge in [0.25, 0.3) is 10.0 Å². The van der Waals surface area contributed by atoms with Crippen LogP contribution in [0.4, 0.5) is 17.3 Å². The molecule has 1 heterocycles. The molecule has 0 bridgehead atoms. The number of rotatable bonds is 7. The predicted octanol–water partition coefficient (Wildman–Crippen LogP) is 3.20. The first kappa shape index (κ1) is 19.3. The van der Waals surface area contributed by atoms with Gasteiger partial charge in [-0.15, -0.1) is 10.2 Å². The highest BCUT2D eigenvalue weighted by Gasteiger charge is 2.15. The van der Waals surface area contributed by atoms with E-state index in [0.717, 1.165) is 0 Å². The van der Waals surface area contributed by atoms with Crippen LogP contribution in [0.15, 0.2) is 71.6 Å². The fraction of sp³-hybridized carbons (Fsp3) is 0.105. The molecule has 0 atom stereocenters. The molecule has 2 aromatic carbocycles. The second-order valence-corrected chi connectivity index (χ2v) is 7.30. The number of benzene rings is 2.